The lowest BCUT2D eigenvalue weighted by Gasteiger charge is -2.26. The van der Waals surface area contributed by atoms with E-state index in [1.54, 1.807) is 16.2 Å². The molecule has 1 N–H and O–H groups in total. The number of benzene rings is 1. The fourth-order valence-corrected chi connectivity index (χ4v) is 3.12. The number of para-hydroxylation sites is 2. The maximum atomic E-state index is 12.5. The summed E-state index contributed by atoms with van der Waals surface area (Å²) in [5, 5.41) is 9.20. The smallest absolute Gasteiger partial charge is 0.328 e. The molecule has 1 aliphatic carbocycles. The highest BCUT2D eigenvalue weighted by atomic mass is 16.4. The van der Waals surface area contributed by atoms with Gasteiger partial charge in [-0.3, -0.25) is 13.9 Å². The summed E-state index contributed by atoms with van der Waals surface area (Å²) in [5.74, 6) is -1.22. The molecule has 128 valence electrons. The van der Waals surface area contributed by atoms with Gasteiger partial charge in [0, 0.05) is 26.1 Å². The Kier molecular flexibility index (Phi) is 4.17. The molecule has 1 amide bonds. The first-order valence-corrected chi connectivity index (χ1v) is 8.10. The van der Waals surface area contributed by atoms with E-state index in [2.05, 4.69) is 0 Å². The molecule has 0 bridgehead atoms. The third-order valence-electron chi connectivity index (χ3n) is 4.60. The first-order chi connectivity index (χ1) is 11.4. The molecule has 2 aromatic rings. The second-order valence-electron chi connectivity index (χ2n) is 6.28. The number of carboxylic acid groups (broad SMARTS) is 1. The van der Waals surface area contributed by atoms with E-state index in [0.717, 1.165) is 23.9 Å². The fourth-order valence-electron chi connectivity index (χ4n) is 3.12. The molecule has 1 unspecified atom stereocenters. The number of carbonyl (C=O) groups excluding carboxylic acids is 1. The van der Waals surface area contributed by atoms with E-state index in [-0.39, 0.29) is 30.6 Å². The van der Waals surface area contributed by atoms with Crippen LogP contribution in [-0.4, -0.2) is 43.1 Å². The van der Waals surface area contributed by atoms with Gasteiger partial charge in [-0.1, -0.05) is 12.1 Å². The number of rotatable bonds is 6. The Morgan fingerprint density at radius 2 is 1.92 bits per heavy atom. The van der Waals surface area contributed by atoms with Crippen LogP contribution in [0.15, 0.2) is 29.1 Å². The second kappa shape index (κ2) is 6.14. The van der Waals surface area contributed by atoms with Gasteiger partial charge in [-0.25, -0.2) is 9.59 Å². The van der Waals surface area contributed by atoms with E-state index >= 15 is 0 Å². The van der Waals surface area contributed by atoms with Crippen molar-refractivity contribution in [3.63, 3.8) is 0 Å². The van der Waals surface area contributed by atoms with Crippen LogP contribution in [0.2, 0.25) is 0 Å². The van der Waals surface area contributed by atoms with Gasteiger partial charge >= 0.3 is 11.7 Å². The number of fused-ring (bicyclic) bond motifs is 1. The topological polar surface area (TPSA) is 84.5 Å². The van der Waals surface area contributed by atoms with Crippen LogP contribution < -0.4 is 5.69 Å². The summed E-state index contributed by atoms with van der Waals surface area (Å²) in [4.78, 5) is 37.6. The van der Waals surface area contributed by atoms with Crippen molar-refractivity contribution < 1.29 is 14.7 Å². The third-order valence-corrected chi connectivity index (χ3v) is 4.60. The van der Waals surface area contributed by atoms with Crippen LogP contribution in [0.1, 0.15) is 26.2 Å². The first-order valence-electron chi connectivity index (χ1n) is 8.10. The number of aryl methyl sites for hydroxylation is 2. The SMILES string of the molecule is CC(C(=O)O)N(C(=O)CCn1c(=O)n(C)c2ccccc21)C1CC1. The minimum atomic E-state index is -1.00. The van der Waals surface area contributed by atoms with Gasteiger partial charge in [0.1, 0.15) is 6.04 Å². The zero-order valence-corrected chi connectivity index (χ0v) is 13.8. The van der Waals surface area contributed by atoms with Gasteiger partial charge in [-0.2, -0.15) is 0 Å². The summed E-state index contributed by atoms with van der Waals surface area (Å²) in [6.45, 7) is 1.78. The molecule has 1 aliphatic rings. The summed E-state index contributed by atoms with van der Waals surface area (Å²) in [6.07, 6.45) is 1.80. The largest absolute Gasteiger partial charge is 0.480 e. The molecule has 0 saturated heterocycles. The molecule has 24 heavy (non-hydrogen) atoms. The maximum absolute atomic E-state index is 12.5. The van der Waals surface area contributed by atoms with Crippen LogP contribution in [0.25, 0.3) is 11.0 Å². The molecule has 0 spiro atoms. The lowest BCUT2D eigenvalue weighted by atomic mass is 10.2. The lowest BCUT2D eigenvalue weighted by molar-refractivity contribution is -0.150. The van der Waals surface area contributed by atoms with Crippen molar-refractivity contribution in [3.8, 4) is 0 Å². The van der Waals surface area contributed by atoms with Crippen molar-refractivity contribution in [1.29, 1.82) is 0 Å². The predicted octanol–water partition coefficient (Wildman–Crippen LogP) is 1.19. The highest BCUT2D eigenvalue weighted by Crippen LogP contribution is 2.29. The van der Waals surface area contributed by atoms with E-state index < -0.39 is 12.0 Å². The van der Waals surface area contributed by atoms with Gasteiger partial charge in [-0.15, -0.1) is 0 Å². The highest BCUT2D eigenvalue weighted by Gasteiger charge is 2.38. The van der Waals surface area contributed by atoms with Crippen molar-refractivity contribution in [2.24, 2.45) is 7.05 Å². The number of aromatic nitrogens is 2. The molecular formula is C17H21N3O4. The molecule has 7 heteroatoms. The van der Waals surface area contributed by atoms with Crippen molar-refractivity contribution >= 4 is 22.9 Å². The Hall–Kier alpha value is -2.57. The lowest BCUT2D eigenvalue weighted by Crippen LogP contribution is -2.45. The zero-order valence-electron chi connectivity index (χ0n) is 13.8. The highest BCUT2D eigenvalue weighted by molar-refractivity contribution is 5.84. The number of hydrogen-bond acceptors (Lipinski definition) is 3. The average molecular weight is 331 g/mol. The van der Waals surface area contributed by atoms with E-state index in [4.69, 9.17) is 0 Å². The number of aliphatic carboxylic acids is 1. The minimum Gasteiger partial charge on any atom is -0.480 e. The molecule has 7 nitrogen and oxygen atoms in total. The standard InChI is InChI=1S/C17H21N3O4/c1-11(16(22)23)20(12-7-8-12)15(21)9-10-19-14-6-4-3-5-13(14)18(2)17(19)24/h3-6,11-12H,7-10H2,1-2H3,(H,22,23). The number of carbonyl (C=O) groups is 2. The average Bonchev–Trinajstić information content (AvgIpc) is 3.35. The Morgan fingerprint density at radius 1 is 1.29 bits per heavy atom. The Morgan fingerprint density at radius 3 is 2.50 bits per heavy atom. The second-order valence-corrected chi connectivity index (χ2v) is 6.28. The normalized spacial score (nSPS) is 15.4. The van der Waals surface area contributed by atoms with Crippen LogP contribution in [0.4, 0.5) is 0 Å². The summed E-state index contributed by atoms with van der Waals surface area (Å²) < 4.78 is 3.13. The number of imidazole rings is 1. The molecule has 1 aromatic heterocycles. The summed E-state index contributed by atoms with van der Waals surface area (Å²) in [6, 6.07) is 6.60. The number of hydrogen-bond donors (Lipinski definition) is 1. The summed E-state index contributed by atoms with van der Waals surface area (Å²) >= 11 is 0. The third kappa shape index (κ3) is 2.81. The van der Waals surface area contributed by atoms with Crippen molar-refractivity contribution in [2.75, 3.05) is 0 Å². The van der Waals surface area contributed by atoms with Crippen molar-refractivity contribution in [3.05, 3.63) is 34.7 Å². The molecule has 1 aromatic carbocycles. The van der Waals surface area contributed by atoms with E-state index in [9.17, 15) is 19.5 Å². The maximum Gasteiger partial charge on any atom is 0.328 e. The van der Waals surface area contributed by atoms with Gasteiger partial charge in [0.25, 0.3) is 0 Å². The molecular weight excluding hydrogens is 310 g/mol. The van der Waals surface area contributed by atoms with Crippen LogP contribution in [0.5, 0.6) is 0 Å². The fraction of sp³-hybridized carbons (Fsp3) is 0.471. The Balaban J connectivity index is 1.80. The predicted molar refractivity (Wildman–Crippen MR) is 88.8 cm³/mol. The quantitative estimate of drug-likeness (QED) is 0.862. The Labute approximate surface area is 139 Å². The van der Waals surface area contributed by atoms with Crippen molar-refractivity contribution in [2.45, 2.75) is 44.8 Å². The van der Waals surface area contributed by atoms with Crippen LogP contribution in [0, 0.1) is 0 Å². The number of amides is 1. The minimum absolute atomic E-state index is 0.0211. The van der Waals surface area contributed by atoms with E-state index in [0.29, 0.717) is 0 Å². The van der Waals surface area contributed by atoms with Gasteiger partial charge < -0.3 is 10.0 Å². The zero-order chi connectivity index (χ0) is 17.4. The van der Waals surface area contributed by atoms with Crippen LogP contribution >= 0.6 is 0 Å². The van der Waals surface area contributed by atoms with Crippen LogP contribution in [-0.2, 0) is 23.2 Å². The van der Waals surface area contributed by atoms with Crippen molar-refractivity contribution in [1.82, 2.24) is 14.0 Å². The van der Waals surface area contributed by atoms with Gasteiger partial charge in [0.2, 0.25) is 5.91 Å². The molecule has 0 radical (unpaired) electrons. The summed E-state index contributed by atoms with van der Waals surface area (Å²) in [7, 11) is 1.70. The molecule has 1 saturated carbocycles. The van der Waals surface area contributed by atoms with Crippen LogP contribution in [0.3, 0.4) is 0 Å². The van der Waals surface area contributed by atoms with Gasteiger partial charge in [0.15, 0.2) is 0 Å². The molecule has 1 atom stereocenters. The Bertz CT molecular complexity index is 847. The van der Waals surface area contributed by atoms with E-state index in [1.165, 1.54) is 11.8 Å². The van der Waals surface area contributed by atoms with E-state index in [1.807, 2.05) is 24.3 Å². The summed E-state index contributed by atoms with van der Waals surface area (Å²) in [5.41, 5.74) is 1.42. The van der Waals surface area contributed by atoms with Gasteiger partial charge in [0.05, 0.1) is 11.0 Å². The number of carboxylic acids is 1. The monoisotopic (exact) mass is 331 g/mol. The molecule has 3 rings (SSSR count). The molecule has 0 aliphatic heterocycles. The first kappa shape index (κ1) is 16.3. The molecule has 1 fully saturated rings. The molecule has 1 heterocycles. The number of nitrogens with zero attached hydrogens (tertiary/aromatic N) is 3. The van der Waals surface area contributed by atoms with Gasteiger partial charge in [-0.05, 0) is 31.9 Å².